The molecule has 30 heavy (non-hydrogen) atoms. The number of carbonyl (C=O) groups excluding carboxylic acids is 1. The van der Waals surface area contributed by atoms with Crippen molar-refractivity contribution in [2.45, 2.75) is 43.6 Å². The Bertz CT molecular complexity index is 1030. The van der Waals surface area contributed by atoms with Crippen molar-refractivity contribution < 1.29 is 14.3 Å². The maximum absolute atomic E-state index is 12.6. The number of carbonyl (C=O) groups is 1. The topological polar surface area (TPSA) is 65.4 Å². The van der Waals surface area contributed by atoms with Crippen LogP contribution in [0.5, 0.6) is 11.5 Å². The predicted octanol–water partition coefficient (Wildman–Crippen LogP) is 4.52. The SMILES string of the molecule is CC(C)c1ccc(-n2ccnc2S[C@@H](C)C(=O)NCc2ccc3c(c2)OCO3)cc1. The summed E-state index contributed by atoms with van der Waals surface area (Å²) in [6, 6.07) is 14.1. The quantitative estimate of drug-likeness (QED) is 0.566. The fraction of sp³-hybridized carbons (Fsp3) is 0.304. The summed E-state index contributed by atoms with van der Waals surface area (Å²) < 4.78 is 12.7. The minimum atomic E-state index is -0.282. The van der Waals surface area contributed by atoms with E-state index in [9.17, 15) is 4.79 Å². The smallest absolute Gasteiger partial charge is 0.233 e. The first kappa shape index (κ1) is 20.3. The summed E-state index contributed by atoms with van der Waals surface area (Å²) in [5.74, 6) is 1.91. The van der Waals surface area contributed by atoms with E-state index in [1.54, 1.807) is 6.20 Å². The maximum atomic E-state index is 12.6. The van der Waals surface area contributed by atoms with Gasteiger partial charge in [-0.15, -0.1) is 0 Å². The van der Waals surface area contributed by atoms with Crippen LogP contribution in [0.2, 0.25) is 0 Å². The van der Waals surface area contributed by atoms with Crippen LogP contribution in [0.3, 0.4) is 0 Å². The Hall–Kier alpha value is -2.93. The second-order valence-electron chi connectivity index (χ2n) is 7.49. The standard InChI is InChI=1S/C23H25N3O3S/c1-15(2)18-5-7-19(8-6-18)26-11-10-24-23(26)30-16(3)22(27)25-13-17-4-9-20-21(12-17)29-14-28-20/h4-12,15-16H,13-14H2,1-3H3,(H,25,27)/t16-/m0/s1. The van der Waals surface area contributed by atoms with E-state index < -0.39 is 0 Å². The highest BCUT2D eigenvalue weighted by molar-refractivity contribution is 8.00. The van der Waals surface area contributed by atoms with Gasteiger partial charge in [-0.05, 0) is 48.2 Å². The molecule has 1 aromatic heterocycles. The highest BCUT2D eigenvalue weighted by atomic mass is 32.2. The molecule has 2 aromatic carbocycles. The molecule has 2 heterocycles. The van der Waals surface area contributed by atoms with Crippen molar-refractivity contribution in [3.8, 4) is 17.2 Å². The van der Waals surface area contributed by atoms with Crippen molar-refractivity contribution in [3.63, 3.8) is 0 Å². The number of rotatable bonds is 7. The van der Waals surface area contributed by atoms with E-state index in [-0.39, 0.29) is 18.0 Å². The fourth-order valence-corrected chi connectivity index (χ4v) is 4.10. The normalized spacial score (nSPS) is 13.5. The van der Waals surface area contributed by atoms with Gasteiger partial charge in [0.15, 0.2) is 16.7 Å². The number of hydrogen-bond acceptors (Lipinski definition) is 5. The van der Waals surface area contributed by atoms with E-state index in [0.717, 1.165) is 27.9 Å². The van der Waals surface area contributed by atoms with Crippen LogP contribution in [-0.4, -0.2) is 27.5 Å². The van der Waals surface area contributed by atoms with Gasteiger partial charge >= 0.3 is 0 Å². The minimum Gasteiger partial charge on any atom is -0.454 e. The van der Waals surface area contributed by atoms with E-state index in [1.165, 1.54) is 17.3 Å². The zero-order valence-electron chi connectivity index (χ0n) is 17.3. The number of ether oxygens (including phenoxy) is 2. The largest absolute Gasteiger partial charge is 0.454 e. The predicted molar refractivity (Wildman–Crippen MR) is 117 cm³/mol. The van der Waals surface area contributed by atoms with Crippen LogP contribution in [0.25, 0.3) is 5.69 Å². The first-order chi connectivity index (χ1) is 14.5. The second-order valence-corrected chi connectivity index (χ2v) is 8.80. The molecule has 0 saturated carbocycles. The van der Waals surface area contributed by atoms with Gasteiger partial charge in [-0.3, -0.25) is 9.36 Å². The molecule has 0 fully saturated rings. The lowest BCUT2D eigenvalue weighted by Gasteiger charge is -2.14. The van der Waals surface area contributed by atoms with Gasteiger partial charge < -0.3 is 14.8 Å². The van der Waals surface area contributed by atoms with Gasteiger partial charge in [0.1, 0.15) is 0 Å². The zero-order valence-corrected chi connectivity index (χ0v) is 18.1. The van der Waals surface area contributed by atoms with Crippen molar-refractivity contribution in [3.05, 3.63) is 66.0 Å². The van der Waals surface area contributed by atoms with Crippen LogP contribution < -0.4 is 14.8 Å². The zero-order chi connectivity index (χ0) is 21.1. The van der Waals surface area contributed by atoms with Gasteiger partial charge in [0.2, 0.25) is 12.7 Å². The van der Waals surface area contributed by atoms with Crippen LogP contribution in [0.15, 0.2) is 60.0 Å². The van der Waals surface area contributed by atoms with Crippen molar-refractivity contribution in [1.82, 2.24) is 14.9 Å². The molecular formula is C23H25N3O3S. The van der Waals surface area contributed by atoms with Crippen molar-refractivity contribution >= 4 is 17.7 Å². The summed E-state index contributed by atoms with van der Waals surface area (Å²) >= 11 is 1.44. The molecule has 0 aliphatic carbocycles. The molecule has 0 radical (unpaired) electrons. The van der Waals surface area contributed by atoms with Gasteiger partial charge in [0.25, 0.3) is 0 Å². The highest BCUT2D eigenvalue weighted by Crippen LogP contribution is 2.32. The Morgan fingerprint density at radius 3 is 2.67 bits per heavy atom. The molecule has 6 nitrogen and oxygen atoms in total. The summed E-state index contributed by atoms with van der Waals surface area (Å²) in [7, 11) is 0. The van der Waals surface area contributed by atoms with Crippen molar-refractivity contribution in [2.75, 3.05) is 6.79 Å². The molecule has 1 N–H and O–H groups in total. The van der Waals surface area contributed by atoms with E-state index in [4.69, 9.17) is 9.47 Å². The molecule has 1 aliphatic heterocycles. The van der Waals surface area contributed by atoms with E-state index in [2.05, 4.69) is 48.4 Å². The molecule has 0 spiro atoms. The van der Waals surface area contributed by atoms with Crippen LogP contribution >= 0.6 is 11.8 Å². The Kier molecular flexibility index (Phi) is 5.99. The van der Waals surface area contributed by atoms with Gasteiger partial charge in [0, 0.05) is 24.6 Å². The highest BCUT2D eigenvalue weighted by Gasteiger charge is 2.19. The van der Waals surface area contributed by atoms with Crippen molar-refractivity contribution in [2.24, 2.45) is 0 Å². The average molecular weight is 424 g/mol. The van der Waals surface area contributed by atoms with E-state index >= 15 is 0 Å². The van der Waals surface area contributed by atoms with Gasteiger partial charge in [-0.25, -0.2) is 4.98 Å². The third-order valence-electron chi connectivity index (χ3n) is 5.00. The number of amides is 1. The molecule has 0 saturated heterocycles. The lowest BCUT2D eigenvalue weighted by atomic mass is 10.0. The number of hydrogen-bond donors (Lipinski definition) is 1. The first-order valence-corrected chi connectivity index (χ1v) is 10.9. The molecule has 1 aliphatic rings. The second kappa shape index (κ2) is 8.83. The third kappa shape index (κ3) is 4.46. The Morgan fingerprint density at radius 2 is 1.90 bits per heavy atom. The molecule has 1 atom stereocenters. The van der Waals surface area contributed by atoms with E-state index in [0.29, 0.717) is 12.5 Å². The monoisotopic (exact) mass is 423 g/mol. The fourth-order valence-electron chi connectivity index (χ4n) is 3.19. The number of imidazole rings is 1. The number of nitrogens with zero attached hydrogens (tertiary/aromatic N) is 2. The lowest BCUT2D eigenvalue weighted by molar-refractivity contribution is -0.120. The number of aromatic nitrogens is 2. The molecule has 3 aromatic rings. The maximum Gasteiger partial charge on any atom is 0.233 e. The summed E-state index contributed by atoms with van der Waals surface area (Å²) in [6.45, 7) is 6.92. The minimum absolute atomic E-state index is 0.0395. The van der Waals surface area contributed by atoms with Crippen LogP contribution in [-0.2, 0) is 11.3 Å². The number of thioether (sulfide) groups is 1. The number of fused-ring (bicyclic) bond motifs is 1. The third-order valence-corrected chi connectivity index (χ3v) is 6.08. The molecule has 156 valence electrons. The number of nitrogens with one attached hydrogen (secondary N) is 1. The molecule has 4 rings (SSSR count). The van der Waals surface area contributed by atoms with Gasteiger partial charge in [-0.1, -0.05) is 43.8 Å². The van der Waals surface area contributed by atoms with E-state index in [1.807, 2.05) is 35.9 Å². The molecule has 0 unspecified atom stereocenters. The summed E-state index contributed by atoms with van der Waals surface area (Å²) in [6.07, 6.45) is 3.68. The summed E-state index contributed by atoms with van der Waals surface area (Å²) in [4.78, 5) is 17.1. The van der Waals surface area contributed by atoms with Crippen LogP contribution in [0.1, 0.15) is 37.8 Å². The van der Waals surface area contributed by atoms with Crippen LogP contribution in [0.4, 0.5) is 0 Å². The summed E-state index contributed by atoms with van der Waals surface area (Å²) in [5, 5.41) is 3.50. The summed E-state index contributed by atoms with van der Waals surface area (Å²) in [5.41, 5.74) is 3.30. The van der Waals surface area contributed by atoms with Gasteiger partial charge in [-0.2, -0.15) is 0 Å². The Labute approximate surface area is 180 Å². The van der Waals surface area contributed by atoms with Gasteiger partial charge in [0.05, 0.1) is 5.25 Å². The molecular weight excluding hydrogens is 398 g/mol. The molecule has 7 heteroatoms. The Balaban J connectivity index is 1.37. The number of benzene rings is 2. The lowest BCUT2D eigenvalue weighted by Crippen LogP contribution is -2.30. The van der Waals surface area contributed by atoms with Crippen LogP contribution in [0, 0.1) is 0 Å². The molecule has 1 amide bonds. The Morgan fingerprint density at radius 1 is 1.13 bits per heavy atom. The average Bonchev–Trinajstić information content (AvgIpc) is 3.40. The van der Waals surface area contributed by atoms with Crippen molar-refractivity contribution in [1.29, 1.82) is 0 Å². The molecule has 0 bridgehead atoms. The first-order valence-electron chi connectivity index (χ1n) is 9.98.